The molecule has 0 spiro atoms. The Labute approximate surface area is 455 Å². The number of anilines is 8. The Hall–Kier alpha value is -6.85. The second kappa shape index (κ2) is 17.3. The predicted molar refractivity (Wildman–Crippen MR) is 327 cm³/mol. The maximum atomic E-state index is 4.57. The Morgan fingerprint density at radius 3 is 1.67 bits per heavy atom. The topological polar surface area (TPSA) is 22.6 Å². The number of hydrogen-bond donors (Lipinski definition) is 0. The van der Waals surface area contributed by atoms with Gasteiger partial charge in [-0.3, -0.25) is 4.98 Å². The molecule has 8 aromatic rings. The van der Waals surface area contributed by atoms with Gasteiger partial charge in [0.1, 0.15) is 0 Å². The molecule has 5 heteroatoms. The highest BCUT2D eigenvalue weighted by molar-refractivity contribution is 7.00. The molecule has 76 heavy (non-hydrogen) atoms. The molecule has 2 atom stereocenters. The molecule has 1 saturated carbocycles. The summed E-state index contributed by atoms with van der Waals surface area (Å²) >= 11 is 0. The lowest BCUT2D eigenvalue weighted by Gasteiger charge is -2.51. The van der Waals surface area contributed by atoms with Crippen molar-refractivity contribution in [3.63, 3.8) is 0 Å². The fraction of sp³-hybridized carbons (Fsp3) is 0.338. The zero-order valence-electron chi connectivity index (χ0n) is 47.8. The van der Waals surface area contributed by atoms with Crippen LogP contribution in [-0.2, 0) is 27.1 Å². The van der Waals surface area contributed by atoms with E-state index in [1.807, 2.05) is 12.4 Å². The average molecular weight is 997 g/mol. The van der Waals surface area contributed by atoms with Gasteiger partial charge in [0.15, 0.2) is 0 Å². The Kier molecular flexibility index (Phi) is 11.4. The van der Waals surface area contributed by atoms with Crippen LogP contribution < -0.4 is 31.1 Å². The van der Waals surface area contributed by atoms with Crippen molar-refractivity contribution < 1.29 is 0 Å². The van der Waals surface area contributed by atoms with Gasteiger partial charge >= 0.3 is 0 Å². The van der Waals surface area contributed by atoms with Crippen molar-refractivity contribution in [2.24, 2.45) is 0 Å². The third-order valence-electron chi connectivity index (χ3n) is 18.3. The largest absolute Gasteiger partial charge is 0.334 e. The predicted octanol–water partition coefficient (Wildman–Crippen LogP) is 17.4. The van der Waals surface area contributed by atoms with E-state index in [0.717, 1.165) is 18.4 Å². The Bertz CT molecular complexity index is 3570. The highest BCUT2D eigenvalue weighted by Crippen LogP contribution is 2.62. The Balaban J connectivity index is 1.22. The molecule has 12 rings (SSSR count). The summed E-state index contributed by atoms with van der Waals surface area (Å²) in [6.45, 7) is 33.3. The Morgan fingerprint density at radius 2 is 1.01 bits per heavy atom. The Morgan fingerprint density at radius 1 is 0.434 bits per heavy atom. The van der Waals surface area contributed by atoms with Crippen molar-refractivity contribution in [2.75, 3.05) is 14.7 Å². The second-order valence-corrected chi connectivity index (χ2v) is 27.3. The van der Waals surface area contributed by atoms with Crippen molar-refractivity contribution in [2.45, 2.75) is 155 Å². The van der Waals surface area contributed by atoms with E-state index in [1.165, 1.54) is 119 Å². The van der Waals surface area contributed by atoms with Gasteiger partial charge in [-0.1, -0.05) is 188 Å². The van der Waals surface area contributed by atoms with E-state index in [1.54, 1.807) is 0 Å². The number of benzene rings is 7. The molecule has 3 aliphatic heterocycles. The van der Waals surface area contributed by atoms with Crippen molar-refractivity contribution in [3.05, 3.63) is 192 Å². The van der Waals surface area contributed by atoms with Crippen molar-refractivity contribution >= 4 is 68.6 Å². The summed E-state index contributed by atoms with van der Waals surface area (Å²) in [7, 11) is 0. The first-order valence-electron chi connectivity index (χ1n) is 28.2. The van der Waals surface area contributed by atoms with E-state index >= 15 is 0 Å². The van der Waals surface area contributed by atoms with Gasteiger partial charge in [-0.05, 0) is 169 Å². The zero-order chi connectivity index (χ0) is 53.5. The molecule has 4 nitrogen and oxygen atoms in total. The summed E-state index contributed by atoms with van der Waals surface area (Å²) in [5.74, 6) is 0. The smallest absolute Gasteiger partial charge is 0.252 e. The molecule has 0 saturated heterocycles. The van der Waals surface area contributed by atoms with Gasteiger partial charge in [-0.25, -0.2) is 0 Å². The van der Waals surface area contributed by atoms with Gasteiger partial charge in [0.2, 0.25) is 0 Å². The van der Waals surface area contributed by atoms with Crippen molar-refractivity contribution in [3.8, 4) is 22.3 Å². The lowest BCUT2D eigenvalue weighted by Crippen LogP contribution is -2.62. The molecular weight excluding hydrogens is 920 g/mol. The second-order valence-electron chi connectivity index (χ2n) is 27.3. The number of pyridine rings is 1. The minimum atomic E-state index is -0.199. The van der Waals surface area contributed by atoms with Crippen LogP contribution in [0.15, 0.2) is 164 Å². The number of hydrogen-bond acceptors (Lipinski definition) is 4. The summed E-state index contributed by atoms with van der Waals surface area (Å²) in [4.78, 5) is 12.7. The lowest BCUT2D eigenvalue weighted by molar-refractivity contribution is 0.195. The molecule has 0 bridgehead atoms. The third-order valence-corrected chi connectivity index (χ3v) is 18.3. The van der Waals surface area contributed by atoms with Crippen molar-refractivity contribution in [1.29, 1.82) is 0 Å². The number of rotatable bonds is 5. The highest BCUT2D eigenvalue weighted by atomic mass is 15.3. The normalized spacial score (nSPS) is 19.0. The fourth-order valence-electron chi connectivity index (χ4n) is 13.6. The first kappa shape index (κ1) is 50.0. The van der Waals surface area contributed by atoms with E-state index in [-0.39, 0.29) is 39.3 Å². The van der Waals surface area contributed by atoms with Crippen LogP contribution in [0.5, 0.6) is 0 Å². The molecule has 4 heterocycles. The minimum Gasteiger partial charge on any atom is -0.334 e. The van der Waals surface area contributed by atoms with Gasteiger partial charge in [0, 0.05) is 63.2 Å². The van der Waals surface area contributed by atoms with Crippen LogP contribution in [0.1, 0.15) is 150 Å². The quantitative estimate of drug-likeness (QED) is 0.160. The van der Waals surface area contributed by atoms with Crippen LogP contribution in [0.2, 0.25) is 0 Å². The van der Waals surface area contributed by atoms with Gasteiger partial charge in [-0.15, -0.1) is 0 Å². The molecule has 1 aliphatic carbocycles. The molecule has 7 aromatic carbocycles. The molecule has 0 N–H and O–H groups in total. The number of fused-ring (bicyclic) bond motifs is 7. The molecule has 384 valence electrons. The van der Waals surface area contributed by atoms with Gasteiger partial charge in [-0.2, -0.15) is 0 Å². The van der Waals surface area contributed by atoms with Crippen molar-refractivity contribution in [1.82, 2.24) is 4.98 Å². The average Bonchev–Trinajstić information content (AvgIpc) is 3.71. The number of aromatic nitrogens is 1. The van der Waals surface area contributed by atoms with E-state index < -0.39 is 0 Å². The van der Waals surface area contributed by atoms with Crippen LogP contribution in [0, 0.1) is 0 Å². The fourth-order valence-corrected chi connectivity index (χ4v) is 13.6. The maximum Gasteiger partial charge on any atom is 0.252 e. The van der Waals surface area contributed by atoms with E-state index in [2.05, 4.69) is 268 Å². The molecule has 0 radical (unpaired) electrons. The van der Waals surface area contributed by atoms with Crippen LogP contribution in [0.25, 0.3) is 22.3 Å². The maximum absolute atomic E-state index is 4.57. The van der Waals surface area contributed by atoms with E-state index in [0.29, 0.717) is 0 Å². The van der Waals surface area contributed by atoms with Crippen LogP contribution >= 0.6 is 0 Å². The molecule has 2 unspecified atom stereocenters. The summed E-state index contributed by atoms with van der Waals surface area (Å²) < 4.78 is 0. The molecule has 1 aromatic heterocycles. The number of nitrogens with zero attached hydrogens (tertiary/aromatic N) is 4. The SMILES string of the molecule is CC(C)(C)c1ccc(N2c3ccc(C(C)(C)C)cc3B3c4ccc(C(C)(C)C)cc4N(c4ccc(C(C)(C)C)cc4-c4ccccc4)c4cc(N5c6ccc(-c7cccnc7)cc6C6(C)CCCCC56C)cc2c43)cc1. The summed E-state index contributed by atoms with van der Waals surface area (Å²) in [6, 6.07) is 59.6. The zero-order valence-corrected chi connectivity index (χ0v) is 47.8. The van der Waals surface area contributed by atoms with Crippen LogP contribution in [-0.4, -0.2) is 17.2 Å². The highest BCUT2D eigenvalue weighted by Gasteiger charge is 2.58. The van der Waals surface area contributed by atoms with Gasteiger partial charge in [0.05, 0.1) is 11.2 Å². The monoisotopic (exact) mass is 997 g/mol. The first-order chi connectivity index (χ1) is 36.0. The van der Waals surface area contributed by atoms with E-state index in [4.69, 9.17) is 0 Å². The summed E-state index contributed by atoms with van der Waals surface area (Å²) in [6.07, 6.45) is 8.53. The van der Waals surface area contributed by atoms with E-state index in [9.17, 15) is 0 Å². The summed E-state index contributed by atoms with van der Waals surface area (Å²) in [5.41, 5.74) is 25.1. The lowest BCUT2D eigenvalue weighted by atomic mass is 9.33. The minimum absolute atomic E-state index is 0.0152. The van der Waals surface area contributed by atoms with Crippen LogP contribution in [0.3, 0.4) is 0 Å². The molecule has 0 amide bonds. The standard InChI is InChI=1S/C71H77BN4/c1-66(2,3)49-25-30-53(31-26-49)74-61-35-29-51(68(7,8)9)41-58(61)72-57-32-27-52(69(10,11)12)42-62(57)75(59-34-28-50(67(4,5)6)40-55(59)46-21-16-15-17-22-46)64-44-54(43-63(74)65(64)72)76-60-33-24-47(48-23-20-38-73-45-48)39-56(60)70(13)36-18-19-37-71(70,76)14/h15-17,20-35,38-45H,18-19,36-37H2,1-14H3. The van der Waals surface area contributed by atoms with Gasteiger partial charge in [0.25, 0.3) is 6.71 Å². The first-order valence-corrected chi connectivity index (χ1v) is 28.2. The molecular formula is C71H77BN4. The third kappa shape index (κ3) is 7.88. The summed E-state index contributed by atoms with van der Waals surface area (Å²) in [5, 5.41) is 0. The van der Waals surface area contributed by atoms with Crippen LogP contribution in [0.4, 0.5) is 45.5 Å². The molecule has 4 aliphatic rings. The van der Waals surface area contributed by atoms with Gasteiger partial charge < -0.3 is 14.7 Å². The molecule has 1 fully saturated rings.